The number of hydrogen-bond acceptors (Lipinski definition) is 3. The van der Waals surface area contributed by atoms with E-state index in [0.717, 1.165) is 0 Å². The lowest BCUT2D eigenvalue weighted by Crippen LogP contribution is -2.31. The molecule has 2 aromatic carbocycles. The van der Waals surface area contributed by atoms with Crippen molar-refractivity contribution in [1.82, 2.24) is 5.32 Å². The summed E-state index contributed by atoms with van der Waals surface area (Å²) >= 11 is 0. The molecule has 0 saturated carbocycles. The highest BCUT2D eigenvalue weighted by atomic mass is 16.5. The van der Waals surface area contributed by atoms with Crippen molar-refractivity contribution >= 4 is 11.9 Å². The van der Waals surface area contributed by atoms with E-state index in [0.29, 0.717) is 17.1 Å². The van der Waals surface area contributed by atoms with E-state index in [1.807, 2.05) is 18.2 Å². The molecule has 2 N–H and O–H groups in total. The first-order chi connectivity index (χ1) is 10.1. The summed E-state index contributed by atoms with van der Waals surface area (Å²) in [5.74, 6) is -0.366. The molecular weight excluding hydrogens is 270 g/mol. The maximum absolute atomic E-state index is 11.2. The second-order valence-corrected chi connectivity index (χ2v) is 4.46. The van der Waals surface area contributed by atoms with Crippen LogP contribution < -0.4 is 10.1 Å². The van der Waals surface area contributed by atoms with Crippen LogP contribution in [0.25, 0.3) is 0 Å². The van der Waals surface area contributed by atoms with E-state index >= 15 is 0 Å². The molecule has 0 fully saturated rings. The quantitative estimate of drug-likeness (QED) is 0.885. The number of hydrogen-bond donors (Lipinski definition) is 2. The van der Waals surface area contributed by atoms with Gasteiger partial charge in [-0.25, -0.2) is 4.79 Å². The molecule has 0 bridgehead atoms. The third-order valence-corrected chi connectivity index (χ3v) is 2.76. The van der Waals surface area contributed by atoms with Gasteiger partial charge in [-0.3, -0.25) is 4.79 Å². The number of carboxylic acid groups (broad SMARTS) is 1. The number of rotatable bonds is 5. The van der Waals surface area contributed by atoms with Crippen LogP contribution in [0, 0.1) is 0 Å². The molecule has 0 radical (unpaired) electrons. The fraction of sp³-hybridized carbons (Fsp3) is 0.125. The van der Waals surface area contributed by atoms with Crippen molar-refractivity contribution in [3.05, 3.63) is 60.2 Å². The third-order valence-electron chi connectivity index (χ3n) is 2.76. The molecule has 2 rings (SSSR count). The Hall–Kier alpha value is -2.82. The molecule has 5 heteroatoms. The summed E-state index contributed by atoms with van der Waals surface area (Å²) in [4.78, 5) is 22.4. The highest BCUT2D eigenvalue weighted by molar-refractivity contribution is 5.83. The van der Waals surface area contributed by atoms with Crippen molar-refractivity contribution in [3.63, 3.8) is 0 Å². The van der Waals surface area contributed by atoms with Gasteiger partial charge in [0.1, 0.15) is 11.5 Å². The van der Waals surface area contributed by atoms with E-state index in [1.165, 1.54) is 6.92 Å². The zero-order chi connectivity index (χ0) is 15.2. The van der Waals surface area contributed by atoms with Gasteiger partial charge in [-0.1, -0.05) is 30.3 Å². The van der Waals surface area contributed by atoms with Crippen molar-refractivity contribution < 1.29 is 19.4 Å². The molecule has 108 valence electrons. The van der Waals surface area contributed by atoms with Crippen LogP contribution in [0.4, 0.5) is 0 Å². The number of aliphatic carboxylic acids is 1. The van der Waals surface area contributed by atoms with Gasteiger partial charge in [0.2, 0.25) is 5.91 Å². The molecule has 5 nitrogen and oxygen atoms in total. The number of carboxylic acids is 1. The van der Waals surface area contributed by atoms with Crippen LogP contribution in [-0.2, 0) is 9.59 Å². The van der Waals surface area contributed by atoms with Gasteiger partial charge in [-0.2, -0.15) is 0 Å². The maximum Gasteiger partial charge on any atom is 0.330 e. The molecule has 1 unspecified atom stereocenters. The van der Waals surface area contributed by atoms with Crippen LogP contribution in [-0.4, -0.2) is 17.0 Å². The Morgan fingerprint density at radius 1 is 1.05 bits per heavy atom. The molecule has 1 amide bonds. The Morgan fingerprint density at radius 3 is 2.33 bits per heavy atom. The van der Waals surface area contributed by atoms with E-state index in [1.54, 1.807) is 36.4 Å². The summed E-state index contributed by atoms with van der Waals surface area (Å²) in [6, 6.07) is 14.7. The van der Waals surface area contributed by atoms with Crippen LogP contribution in [0.2, 0.25) is 0 Å². The number of nitrogens with one attached hydrogen (secondary N) is 1. The molecule has 0 aromatic heterocycles. The second-order valence-electron chi connectivity index (χ2n) is 4.46. The number of amides is 1. The standard InChI is InChI=1S/C16H15NO4/c1-11(18)17-15(16(19)20)12-6-5-9-14(10-12)21-13-7-3-2-4-8-13/h2-10,15H,1H3,(H,17,18)(H,19,20). The summed E-state index contributed by atoms with van der Waals surface area (Å²) in [6.45, 7) is 1.28. The summed E-state index contributed by atoms with van der Waals surface area (Å²) in [5.41, 5.74) is 0.450. The number of benzene rings is 2. The Kier molecular flexibility index (Phi) is 4.56. The van der Waals surface area contributed by atoms with Crippen LogP contribution >= 0.6 is 0 Å². The normalized spacial score (nSPS) is 11.5. The monoisotopic (exact) mass is 285 g/mol. The highest BCUT2D eigenvalue weighted by Crippen LogP contribution is 2.24. The van der Waals surface area contributed by atoms with E-state index in [2.05, 4.69) is 5.32 Å². The van der Waals surface area contributed by atoms with Crippen LogP contribution in [0.1, 0.15) is 18.5 Å². The molecule has 2 aromatic rings. The molecular formula is C16H15NO4. The predicted molar refractivity (Wildman–Crippen MR) is 77.2 cm³/mol. The first-order valence-electron chi connectivity index (χ1n) is 6.39. The zero-order valence-corrected chi connectivity index (χ0v) is 11.4. The fourth-order valence-corrected chi connectivity index (χ4v) is 1.87. The average Bonchev–Trinajstić information content (AvgIpc) is 2.45. The van der Waals surface area contributed by atoms with E-state index in [9.17, 15) is 14.7 Å². The largest absolute Gasteiger partial charge is 0.479 e. The maximum atomic E-state index is 11.2. The summed E-state index contributed by atoms with van der Waals surface area (Å²) in [5, 5.41) is 11.6. The Morgan fingerprint density at radius 2 is 1.71 bits per heavy atom. The van der Waals surface area contributed by atoms with Gasteiger partial charge in [0.25, 0.3) is 0 Å². The molecule has 0 aliphatic rings. The molecule has 0 aliphatic heterocycles. The SMILES string of the molecule is CC(=O)NC(C(=O)O)c1cccc(Oc2ccccc2)c1. The van der Waals surface area contributed by atoms with Gasteiger partial charge < -0.3 is 15.2 Å². The molecule has 0 aliphatic carbocycles. The number of carbonyl (C=O) groups excluding carboxylic acids is 1. The van der Waals surface area contributed by atoms with Crippen LogP contribution in [0.5, 0.6) is 11.5 Å². The predicted octanol–water partition coefficient (Wildman–Crippen LogP) is 2.74. The third kappa shape index (κ3) is 4.07. The van der Waals surface area contributed by atoms with Gasteiger partial charge in [0, 0.05) is 6.92 Å². The average molecular weight is 285 g/mol. The molecule has 0 heterocycles. The van der Waals surface area contributed by atoms with Crippen LogP contribution in [0.3, 0.4) is 0 Å². The van der Waals surface area contributed by atoms with Gasteiger partial charge in [0.15, 0.2) is 6.04 Å². The lowest BCUT2D eigenvalue weighted by molar-refractivity contribution is -0.141. The fourth-order valence-electron chi connectivity index (χ4n) is 1.87. The number of para-hydroxylation sites is 1. The number of carbonyl (C=O) groups is 2. The van der Waals surface area contributed by atoms with Crippen molar-refractivity contribution in [2.75, 3.05) is 0 Å². The van der Waals surface area contributed by atoms with E-state index in [4.69, 9.17) is 4.74 Å². The Bertz CT molecular complexity index is 640. The first-order valence-corrected chi connectivity index (χ1v) is 6.39. The van der Waals surface area contributed by atoms with Crippen molar-refractivity contribution in [2.45, 2.75) is 13.0 Å². The summed E-state index contributed by atoms with van der Waals surface area (Å²) in [7, 11) is 0. The van der Waals surface area contributed by atoms with E-state index in [-0.39, 0.29) is 0 Å². The number of ether oxygens (including phenoxy) is 1. The molecule has 21 heavy (non-hydrogen) atoms. The molecule has 0 spiro atoms. The smallest absolute Gasteiger partial charge is 0.330 e. The van der Waals surface area contributed by atoms with Gasteiger partial charge in [-0.15, -0.1) is 0 Å². The minimum atomic E-state index is -1.12. The second kappa shape index (κ2) is 6.56. The minimum Gasteiger partial charge on any atom is -0.479 e. The minimum absolute atomic E-state index is 0.406. The first kappa shape index (κ1) is 14.6. The van der Waals surface area contributed by atoms with Gasteiger partial charge in [-0.05, 0) is 29.8 Å². The Labute approximate surface area is 122 Å². The van der Waals surface area contributed by atoms with E-state index < -0.39 is 17.9 Å². The van der Waals surface area contributed by atoms with Crippen molar-refractivity contribution in [3.8, 4) is 11.5 Å². The summed E-state index contributed by atoms with van der Waals surface area (Å²) in [6.07, 6.45) is 0. The topological polar surface area (TPSA) is 75.6 Å². The van der Waals surface area contributed by atoms with Gasteiger partial charge in [0.05, 0.1) is 0 Å². The zero-order valence-electron chi connectivity index (χ0n) is 11.4. The van der Waals surface area contributed by atoms with Crippen LogP contribution in [0.15, 0.2) is 54.6 Å². The lowest BCUT2D eigenvalue weighted by Gasteiger charge is -2.15. The van der Waals surface area contributed by atoms with Crippen molar-refractivity contribution in [1.29, 1.82) is 0 Å². The van der Waals surface area contributed by atoms with Gasteiger partial charge >= 0.3 is 5.97 Å². The summed E-state index contributed by atoms with van der Waals surface area (Å²) < 4.78 is 5.65. The Balaban J connectivity index is 2.23. The lowest BCUT2D eigenvalue weighted by atomic mass is 10.1. The van der Waals surface area contributed by atoms with Crippen molar-refractivity contribution in [2.24, 2.45) is 0 Å². The molecule has 0 saturated heterocycles. The molecule has 1 atom stereocenters. The highest BCUT2D eigenvalue weighted by Gasteiger charge is 2.21.